The van der Waals surface area contributed by atoms with E-state index in [9.17, 15) is 13.2 Å². The van der Waals surface area contributed by atoms with Gasteiger partial charge in [-0.05, 0) is 48.4 Å². The highest BCUT2D eigenvalue weighted by molar-refractivity contribution is 7.89. The van der Waals surface area contributed by atoms with Crippen molar-refractivity contribution in [3.63, 3.8) is 0 Å². The zero-order valence-corrected chi connectivity index (χ0v) is 20.7. The van der Waals surface area contributed by atoms with E-state index < -0.39 is 16.0 Å². The van der Waals surface area contributed by atoms with Crippen LogP contribution in [0.1, 0.15) is 24.7 Å². The van der Waals surface area contributed by atoms with Gasteiger partial charge in [-0.15, -0.1) is 0 Å². The maximum Gasteiger partial charge on any atom is 0.331 e. The molecule has 1 saturated heterocycles. The van der Waals surface area contributed by atoms with Gasteiger partial charge in [0.05, 0.1) is 36.3 Å². The maximum atomic E-state index is 13.0. The molecule has 2 aromatic carbocycles. The molecule has 0 unspecified atom stereocenters. The minimum atomic E-state index is -3.63. The van der Waals surface area contributed by atoms with Crippen molar-refractivity contribution >= 4 is 33.1 Å². The third-order valence-corrected chi connectivity index (χ3v) is 7.62. The number of sulfonamides is 1. The second-order valence-electron chi connectivity index (χ2n) is 8.06. The Labute approximate surface area is 205 Å². The van der Waals surface area contributed by atoms with E-state index in [-0.39, 0.29) is 11.5 Å². The molecular formula is C25H29N3O6S. The monoisotopic (exact) mass is 499 g/mol. The minimum absolute atomic E-state index is 0.0218. The molecule has 4 rings (SSSR count). The lowest BCUT2D eigenvalue weighted by Crippen LogP contribution is -2.40. The number of esters is 1. The Balaban J connectivity index is 1.51. The molecule has 1 aliphatic heterocycles. The summed E-state index contributed by atoms with van der Waals surface area (Å²) in [5.74, 6) is 0.806. The Bertz CT molecular complexity index is 1310. The first kappa shape index (κ1) is 24.9. The smallest absolute Gasteiger partial charge is 0.331 e. The van der Waals surface area contributed by atoms with Crippen LogP contribution in [0.2, 0.25) is 0 Å². The fourth-order valence-corrected chi connectivity index (χ4v) is 5.33. The van der Waals surface area contributed by atoms with Gasteiger partial charge in [0.2, 0.25) is 10.0 Å². The molecule has 1 aromatic heterocycles. The molecule has 2 heterocycles. The molecule has 9 nitrogen and oxygen atoms in total. The van der Waals surface area contributed by atoms with Gasteiger partial charge < -0.3 is 18.8 Å². The molecule has 10 heteroatoms. The van der Waals surface area contributed by atoms with E-state index in [0.29, 0.717) is 44.2 Å². The van der Waals surface area contributed by atoms with Crippen LogP contribution in [0.4, 0.5) is 0 Å². The van der Waals surface area contributed by atoms with Gasteiger partial charge in [0.25, 0.3) is 0 Å². The predicted molar refractivity (Wildman–Crippen MR) is 131 cm³/mol. The Morgan fingerprint density at radius 2 is 1.89 bits per heavy atom. The normalized spacial score (nSPS) is 15.0. The van der Waals surface area contributed by atoms with E-state index in [1.54, 1.807) is 31.4 Å². The number of imidazole rings is 1. The van der Waals surface area contributed by atoms with Crippen LogP contribution < -0.4 is 4.74 Å². The van der Waals surface area contributed by atoms with Crippen molar-refractivity contribution in [3.05, 3.63) is 59.9 Å². The molecule has 3 aromatic rings. The molecular weight excluding hydrogens is 470 g/mol. The topological polar surface area (TPSA) is 100.0 Å². The summed E-state index contributed by atoms with van der Waals surface area (Å²) in [6.45, 7) is 4.11. The lowest BCUT2D eigenvalue weighted by Gasteiger charge is -2.26. The first-order chi connectivity index (χ1) is 16.9. The summed E-state index contributed by atoms with van der Waals surface area (Å²) in [6.07, 6.45) is 3.87. The van der Waals surface area contributed by atoms with Crippen molar-refractivity contribution in [2.45, 2.75) is 31.4 Å². The van der Waals surface area contributed by atoms with Crippen molar-refractivity contribution in [1.29, 1.82) is 0 Å². The number of rotatable bonds is 9. The summed E-state index contributed by atoms with van der Waals surface area (Å²) in [6, 6.07) is 12.3. The quantitative estimate of drug-likeness (QED) is 0.329. The van der Waals surface area contributed by atoms with Gasteiger partial charge in [-0.1, -0.05) is 19.1 Å². The summed E-state index contributed by atoms with van der Waals surface area (Å²) in [7, 11) is -2.04. The van der Waals surface area contributed by atoms with Gasteiger partial charge in [0, 0.05) is 25.7 Å². The first-order valence-electron chi connectivity index (χ1n) is 11.5. The third-order valence-electron chi connectivity index (χ3n) is 5.72. The number of fused-ring (bicyclic) bond motifs is 1. The van der Waals surface area contributed by atoms with Crippen LogP contribution in [-0.4, -0.2) is 61.7 Å². The second kappa shape index (κ2) is 11.0. The fourth-order valence-electron chi connectivity index (χ4n) is 3.90. The van der Waals surface area contributed by atoms with E-state index >= 15 is 0 Å². The zero-order valence-electron chi connectivity index (χ0n) is 19.8. The molecule has 35 heavy (non-hydrogen) atoms. The van der Waals surface area contributed by atoms with E-state index in [4.69, 9.17) is 14.2 Å². The van der Waals surface area contributed by atoms with Crippen LogP contribution in [0.3, 0.4) is 0 Å². The average molecular weight is 500 g/mol. The van der Waals surface area contributed by atoms with E-state index in [2.05, 4.69) is 4.98 Å². The van der Waals surface area contributed by atoms with Gasteiger partial charge >= 0.3 is 5.97 Å². The number of aromatic nitrogens is 2. The van der Waals surface area contributed by atoms with Crippen LogP contribution >= 0.6 is 0 Å². The van der Waals surface area contributed by atoms with Gasteiger partial charge in [0.15, 0.2) is 0 Å². The van der Waals surface area contributed by atoms with Crippen molar-refractivity contribution in [1.82, 2.24) is 13.9 Å². The number of morpholine rings is 1. The van der Waals surface area contributed by atoms with E-state index in [0.717, 1.165) is 23.3 Å². The van der Waals surface area contributed by atoms with Gasteiger partial charge in [0.1, 0.15) is 18.2 Å². The molecule has 0 aliphatic carbocycles. The minimum Gasteiger partial charge on any atom is -0.497 e. The lowest BCUT2D eigenvalue weighted by molar-refractivity contribution is -0.139. The van der Waals surface area contributed by atoms with E-state index in [1.165, 1.54) is 10.4 Å². The van der Waals surface area contributed by atoms with Crippen LogP contribution in [0.25, 0.3) is 17.1 Å². The van der Waals surface area contributed by atoms with Crippen molar-refractivity contribution in [2.75, 3.05) is 33.4 Å². The number of hydrogen-bond acceptors (Lipinski definition) is 7. The standard InChI is InChI=1S/C25H29N3O6S/c1-3-12-28-23-10-9-21(35(30,31)27-13-15-33-16-14-27)17-22(23)26-24(28)18-34-25(29)11-6-19-4-7-20(32-2)8-5-19/h4-11,17H,3,12-16,18H2,1-2H3/b11-6+. The van der Waals surface area contributed by atoms with Crippen LogP contribution in [0.15, 0.2) is 53.4 Å². The van der Waals surface area contributed by atoms with Crippen molar-refractivity contribution < 1.29 is 27.4 Å². The highest BCUT2D eigenvalue weighted by Crippen LogP contribution is 2.24. The first-order valence-corrected chi connectivity index (χ1v) is 12.9. The van der Waals surface area contributed by atoms with Gasteiger partial charge in [-0.25, -0.2) is 18.2 Å². The maximum absolute atomic E-state index is 13.0. The summed E-state index contributed by atoms with van der Waals surface area (Å²) in [4.78, 5) is 17.1. The molecule has 1 aliphatic rings. The number of benzene rings is 2. The molecule has 0 N–H and O–H groups in total. The fraction of sp³-hybridized carbons (Fsp3) is 0.360. The summed E-state index contributed by atoms with van der Waals surface area (Å²) >= 11 is 0. The van der Waals surface area contributed by atoms with Crippen molar-refractivity contribution in [2.24, 2.45) is 0 Å². The molecule has 0 bridgehead atoms. The van der Waals surface area contributed by atoms with Crippen LogP contribution in [-0.2, 0) is 37.4 Å². The number of ether oxygens (including phenoxy) is 3. The van der Waals surface area contributed by atoms with Gasteiger partial charge in [-0.2, -0.15) is 4.31 Å². The number of carbonyl (C=O) groups is 1. The number of carbonyl (C=O) groups excluding carboxylic acids is 1. The SMILES string of the molecule is CCCn1c(COC(=O)/C=C/c2ccc(OC)cc2)nc2cc(S(=O)(=O)N3CCOCC3)ccc21. The van der Waals surface area contributed by atoms with Crippen LogP contribution in [0.5, 0.6) is 5.75 Å². The molecule has 0 amide bonds. The van der Waals surface area contributed by atoms with E-state index in [1.807, 2.05) is 35.8 Å². The number of methoxy groups -OCH3 is 1. The molecule has 0 saturated carbocycles. The Morgan fingerprint density at radius 3 is 2.57 bits per heavy atom. The molecule has 1 fully saturated rings. The highest BCUT2D eigenvalue weighted by Gasteiger charge is 2.27. The molecule has 0 spiro atoms. The Kier molecular flexibility index (Phi) is 7.84. The van der Waals surface area contributed by atoms with Crippen molar-refractivity contribution in [3.8, 4) is 5.75 Å². The average Bonchev–Trinajstić information content (AvgIpc) is 3.24. The Morgan fingerprint density at radius 1 is 1.14 bits per heavy atom. The number of nitrogens with zero attached hydrogens (tertiary/aromatic N) is 3. The second-order valence-corrected chi connectivity index (χ2v) is 10.00. The largest absolute Gasteiger partial charge is 0.497 e. The molecule has 0 atom stereocenters. The predicted octanol–water partition coefficient (Wildman–Crippen LogP) is 3.23. The summed E-state index contributed by atoms with van der Waals surface area (Å²) in [5.41, 5.74) is 2.19. The highest BCUT2D eigenvalue weighted by atomic mass is 32.2. The number of aryl methyl sites for hydroxylation is 1. The van der Waals surface area contributed by atoms with Crippen LogP contribution in [0, 0.1) is 0 Å². The number of hydrogen-bond donors (Lipinski definition) is 0. The van der Waals surface area contributed by atoms with Gasteiger partial charge in [-0.3, -0.25) is 0 Å². The summed E-state index contributed by atoms with van der Waals surface area (Å²) in [5, 5.41) is 0. The Hall–Kier alpha value is -3.21. The lowest BCUT2D eigenvalue weighted by atomic mass is 10.2. The molecule has 0 radical (unpaired) electrons. The molecule has 186 valence electrons. The third kappa shape index (κ3) is 5.72. The summed E-state index contributed by atoms with van der Waals surface area (Å²) < 4.78 is 45.3. The zero-order chi connectivity index (χ0) is 24.8.